The monoisotopic (exact) mass is 548 g/mol. The molecule has 1 saturated carbocycles. The Hall–Kier alpha value is -1.92. The lowest BCUT2D eigenvalue weighted by atomic mass is 9.73. The van der Waals surface area contributed by atoms with Gasteiger partial charge in [-0.3, -0.25) is 9.05 Å². The Morgan fingerprint density at radius 1 is 1.24 bits per heavy atom. The summed E-state index contributed by atoms with van der Waals surface area (Å²) in [5.74, 6) is -0.523. The molecule has 7 nitrogen and oxygen atoms in total. The molecule has 1 aromatic carbocycles. The van der Waals surface area contributed by atoms with Gasteiger partial charge >= 0.3 is 13.8 Å². The third-order valence-electron chi connectivity index (χ3n) is 7.19. The van der Waals surface area contributed by atoms with Crippen LogP contribution in [0.3, 0.4) is 0 Å². The molecule has 2 aliphatic rings. The topological polar surface area (TPSA) is 102 Å². The number of carbonyl (C=O) groups excluding carboxylic acids is 1. The average molecular weight is 549 g/mol. The number of phosphoric ester groups is 1. The standard InChI is InChI=1S/C30H45O7P/c1-8-9-10-11-22-17-25(31)27(24-16-21(4)12-13-23(24)20(2)3)26(18-22)36-28(32)30(14-15-30)37-38(33,34)35-19-29(5,6)7/h16-18,23-24,31H,2,8-15,19H2,1,3-7H3,(H,33,34)/t23-,24+/m0/s1. The van der Waals surface area contributed by atoms with E-state index in [1.807, 2.05) is 33.8 Å². The molecule has 0 bridgehead atoms. The number of ether oxygens (including phenoxy) is 1. The SMILES string of the molecule is C=C(C)[C@@H]1CCC(C)=C[C@H]1c1c(O)cc(CCCCC)cc1OC(=O)C1(OP(=O)(O)OCC(C)(C)C)CC1. The van der Waals surface area contributed by atoms with E-state index in [2.05, 4.69) is 26.5 Å². The summed E-state index contributed by atoms with van der Waals surface area (Å²) in [6.45, 7) is 16.0. The first kappa shape index (κ1) is 30.6. The molecular formula is C30H45O7P. The number of phenolic OH excluding ortho intramolecular Hbond substituents is 1. The van der Waals surface area contributed by atoms with Crippen LogP contribution >= 0.6 is 7.82 Å². The summed E-state index contributed by atoms with van der Waals surface area (Å²) in [6, 6.07) is 3.59. The molecule has 0 amide bonds. The molecular weight excluding hydrogens is 503 g/mol. The van der Waals surface area contributed by atoms with Gasteiger partial charge < -0.3 is 14.7 Å². The van der Waals surface area contributed by atoms with Crippen molar-refractivity contribution in [3.8, 4) is 11.5 Å². The Morgan fingerprint density at radius 2 is 1.92 bits per heavy atom. The second kappa shape index (κ2) is 12.1. The lowest BCUT2D eigenvalue weighted by molar-refractivity contribution is -0.145. The number of phosphoric acid groups is 1. The van der Waals surface area contributed by atoms with Crippen molar-refractivity contribution < 1.29 is 33.1 Å². The van der Waals surface area contributed by atoms with Crippen LogP contribution in [0.2, 0.25) is 0 Å². The smallest absolute Gasteiger partial charge is 0.473 e. The van der Waals surface area contributed by atoms with E-state index >= 15 is 0 Å². The van der Waals surface area contributed by atoms with Gasteiger partial charge in [0.2, 0.25) is 0 Å². The first-order valence-corrected chi connectivity index (χ1v) is 15.2. The van der Waals surface area contributed by atoms with Crippen LogP contribution in [-0.4, -0.2) is 28.2 Å². The largest absolute Gasteiger partial charge is 0.507 e. The van der Waals surface area contributed by atoms with Crippen molar-refractivity contribution in [2.24, 2.45) is 11.3 Å². The predicted molar refractivity (Wildman–Crippen MR) is 149 cm³/mol. The summed E-state index contributed by atoms with van der Waals surface area (Å²) in [6.07, 6.45) is 8.27. The molecule has 2 aliphatic carbocycles. The van der Waals surface area contributed by atoms with Crippen LogP contribution in [0.5, 0.6) is 11.5 Å². The van der Waals surface area contributed by atoms with Crippen LogP contribution in [0.4, 0.5) is 0 Å². The molecule has 0 spiro atoms. The molecule has 0 aromatic heterocycles. The third-order valence-corrected chi connectivity index (χ3v) is 8.23. The van der Waals surface area contributed by atoms with Crippen LogP contribution in [0.1, 0.15) is 104 Å². The molecule has 1 unspecified atom stereocenters. The Labute approximate surface area is 227 Å². The molecule has 212 valence electrons. The Kier molecular flexibility index (Phi) is 9.73. The van der Waals surface area contributed by atoms with Gasteiger partial charge in [-0.2, -0.15) is 0 Å². The van der Waals surface area contributed by atoms with Gasteiger partial charge in [0, 0.05) is 11.5 Å². The van der Waals surface area contributed by atoms with Crippen LogP contribution < -0.4 is 4.74 Å². The zero-order valence-electron chi connectivity index (χ0n) is 23.8. The fraction of sp³-hybridized carbons (Fsp3) is 0.633. The Morgan fingerprint density at radius 3 is 2.50 bits per heavy atom. The molecule has 3 rings (SSSR count). The molecule has 3 atom stereocenters. The minimum absolute atomic E-state index is 0.000605. The van der Waals surface area contributed by atoms with E-state index < -0.39 is 19.4 Å². The number of hydrogen-bond acceptors (Lipinski definition) is 6. The number of aromatic hydroxyl groups is 1. The molecule has 0 aliphatic heterocycles. The second-order valence-electron chi connectivity index (χ2n) is 12.3. The molecule has 38 heavy (non-hydrogen) atoms. The van der Waals surface area contributed by atoms with Crippen molar-refractivity contribution in [2.45, 2.75) is 104 Å². The maximum absolute atomic E-state index is 13.4. The lowest BCUT2D eigenvalue weighted by Gasteiger charge is -2.32. The zero-order valence-corrected chi connectivity index (χ0v) is 24.7. The van der Waals surface area contributed by atoms with Gasteiger partial charge in [-0.15, -0.1) is 0 Å². The van der Waals surface area contributed by atoms with Crippen LogP contribution in [0, 0.1) is 11.3 Å². The maximum atomic E-state index is 13.4. The van der Waals surface area contributed by atoms with Gasteiger partial charge in [0.15, 0.2) is 5.60 Å². The summed E-state index contributed by atoms with van der Waals surface area (Å²) in [5, 5.41) is 11.2. The van der Waals surface area contributed by atoms with E-state index in [-0.39, 0.29) is 48.2 Å². The molecule has 2 N–H and O–H groups in total. The quantitative estimate of drug-likeness (QED) is 0.0905. The van der Waals surface area contributed by atoms with Crippen molar-refractivity contribution in [3.63, 3.8) is 0 Å². The van der Waals surface area contributed by atoms with Gasteiger partial charge in [-0.05, 0) is 81.4 Å². The molecule has 8 heteroatoms. The van der Waals surface area contributed by atoms with Gasteiger partial charge in [-0.1, -0.05) is 64.3 Å². The molecule has 0 saturated heterocycles. The Balaban J connectivity index is 1.94. The highest BCUT2D eigenvalue weighted by molar-refractivity contribution is 7.47. The fourth-order valence-corrected chi connectivity index (χ4v) is 6.18. The fourth-order valence-electron chi connectivity index (χ4n) is 4.88. The van der Waals surface area contributed by atoms with Crippen LogP contribution in [-0.2, 0) is 24.8 Å². The highest BCUT2D eigenvalue weighted by Crippen LogP contribution is 2.57. The number of benzene rings is 1. The van der Waals surface area contributed by atoms with Crippen molar-refractivity contribution >= 4 is 13.8 Å². The number of aryl methyl sites for hydroxylation is 1. The maximum Gasteiger partial charge on any atom is 0.473 e. The van der Waals surface area contributed by atoms with Crippen molar-refractivity contribution in [1.82, 2.24) is 0 Å². The summed E-state index contributed by atoms with van der Waals surface area (Å²) >= 11 is 0. The minimum atomic E-state index is -4.48. The number of unbranched alkanes of at least 4 members (excludes halogenated alkanes) is 2. The highest BCUT2D eigenvalue weighted by Gasteiger charge is 2.58. The van der Waals surface area contributed by atoms with E-state index in [4.69, 9.17) is 13.8 Å². The van der Waals surface area contributed by atoms with Gasteiger partial charge in [-0.25, -0.2) is 9.36 Å². The van der Waals surface area contributed by atoms with Crippen molar-refractivity contribution in [3.05, 3.63) is 47.1 Å². The molecule has 1 fully saturated rings. The number of hydrogen-bond donors (Lipinski definition) is 2. The average Bonchev–Trinajstić information content (AvgIpc) is 3.57. The molecule has 0 radical (unpaired) electrons. The van der Waals surface area contributed by atoms with Crippen molar-refractivity contribution in [2.75, 3.05) is 6.61 Å². The summed E-state index contributed by atoms with van der Waals surface area (Å²) in [7, 11) is -4.48. The summed E-state index contributed by atoms with van der Waals surface area (Å²) < 4.78 is 29.1. The van der Waals surface area contributed by atoms with E-state index in [0.29, 0.717) is 5.56 Å². The van der Waals surface area contributed by atoms with Crippen LogP contribution in [0.15, 0.2) is 35.9 Å². The number of phenols is 1. The molecule has 1 aromatic rings. The third kappa shape index (κ3) is 8.05. The van der Waals surface area contributed by atoms with Crippen LogP contribution in [0.25, 0.3) is 0 Å². The summed E-state index contributed by atoms with van der Waals surface area (Å²) in [4.78, 5) is 23.7. The zero-order chi connectivity index (χ0) is 28.3. The number of esters is 1. The van der Waals surface area contributed by atoms with E-state index in [1.54, 1.807) is 6.07 Å². The Bertz CT molecular complexity index is 1110. The number of carbonyl (C=O) groups is 1. The second-order valence-corrected chi connectivity index (χ2v) is 13.7. The van der Waals surface area contributed by atoms with E-state index in [0.717, 1.165) is 49.7 Å². The molecule has 0 heterocycles. The van der Waals surface area contributed by atoms with Gasteiger partial charge in [0.1, 0.15) is 11.5 Å². The first-order chi connectivity index (χ1) is 17.7. The summed E-state index contributed by atoms with van der Waals surface area (Å²) in [5.41, 5.74) is 1.72. The predicted octanol–water partition coefficient (Wildman–Crippen LogP) is 7.76. The minimum Gasteiger partial charge on any atom is -0.507 e. The first-order valence-electron chi connectivity index (χ1n) is 13.8. The van der Waals surface area contributed by atoms with Gasteiger partial charge in [0.25, 0.3) is 0 Å². The number of rotatable bonds is 12. The van der Waals surface area contributed by atoms with Crippen molar-refractivity contribution in [1.29, 1.82) is 0 Å². The normalized spacial score (nSPS) is 22.3. The lowest BCUT2D eigenvalue weighted by Crippen LogP contribution is -2.31. The van der Waals surface area contributed by atoms with E-state index in [9.17, 15) is 19.4 Å². The van der Waals surface area contributed by atoms with Gasteiger partial charge in [0.05, 0.1) is 6.61 Å². The van der Waals surface area contributed by atoms with E-state index in [1.165, 1.54) is 5.57 Å². The highest BCUT2D eigenvalue weighted by atomic mass is 31.2. The number of allylic oxidation sites excluding steroid dienone is 3.